The van der Waals surface area contributed by atoms with E-state index in [9.17, 15) is 4.79 Å². The summed E-state index contributed by atoms with van der Waals surface area (Å²) in [7, 11) is 0. The predicted molar refractivity (Wildman–Crippen MR) is 43.9 cm³/mol. The summed E-state index contributed by atoms with van der Waals surface area (Å²) in [5.41, 5.74) is 0. The van der Waals surface area contributed by atoms with Gasteiger partial charge in [-0.1, -0.05) is 0 Å². The Bertz CT molecular complexity index is 392. The van der Waals surface area contributed by atoms with E-state index in [0.29, 0.717) is 5.82 Å². The number of aromatic nitrogens is 6. The van der Waals surface area contributed by atoms with Crippen molar-refractivity contribution < 1.29 is 4.79 Å². The van der Waals surface area contributed by atoms with Gasteiger partial charge < -0.3 is 5.32 Å². The molecule has 0 aliphatic carbocycles. The predicted octanol–water partition coefficient (Wildman–Crippen LogP) is -1.15. The van der Waals surface area contributed by atoms with Gasteiger partial charge in [0.2, 0.25) is 5.82 Å². The van der Waals surface area contributed by atoms with Crippen molar-refractivity contribution in [3.63, 3.8) is 0 Å². The molecule has 0 saturated heterocycles. The van der Waals surface area contributed by atoms with Crippen LogP contribution in [-0.2, 0) is 6.54 Å². The number of rotatable bonds is 3. The Kier molecular flexibility index (Phi) is 2.17. The summed E-state index contributed by atoms with van der Waals surface area (Å²) in [6.45, 7) is 0.277. The van der Waals surface area contributed by atoms with Crippen LogP contribution in [0.5, 0.6) is 0 Å². The van der Waals surface area contributed by atoms with E-state index in [1.165, 1.54) is 12.7 Å². The standard InChI is InChI=1S/C6H7N7O/c14-6(5-9-3-11-13-5)7-1-4-8-2-10-12-4/h2-3H,1H2,(H,7,14)(H,8,10,12)(H,9,11,13). The molecule has 14 heavy (non-hydrogen) atoms. The fourth-order valence-corrected chi connectivity index (χ4v) is 0.879. The molecule has 3 N–H and O–H groups in total. The minimum Gasteiger partial charge on any atom is -0.342 e. The molecule has 0 saturated carbocycles. The number of hydrogen-bond acceptors (Lipinski definition) is 5. The molecule has 2 aromatic rings. The molecule has 1 amide bonds. The molecule has 0 unspecified atom stereocenters. The largest absolute Gasteiger partial charge is 0.342 e. The first-order chi connectivity index (χ1) is 6.86. The van der Waals surface area contributed by atoms with E-state index in [0.717, 1.165) is 0 Å². The Hall–Kier alpha value is -2.25. The Labute approximate surface area is 78.2 Å². The molecule has 8 heteroatoms. The average molecular weight is 193 g/mol. The summed E-state index contributed by atoms with van der Waals surface area (Å²) >= 11 is 0. The van der Waals surface area contributed by atoms with Crippen LogP contribution in [0.3, 0.4) is 0 Å². The van der Waals surface area contributed by atoms with E-state index in [2.05, 4.69) is 35.7 Å². The van der Waals surface area contributed by atoms with E-state index in [1.807, 2.05) is 0 Å². The molecule has 0 aliphatic rings. The Morgan fingerprint density at radius 2 is 2.07 bits per heavy atom. The molecule has 0 radical (unpaired) electrons. The van der Waals surface area contributed by atoms with E-state index in [1.54, 1.807) is 0 Å². The molecule has 72 valence electrons. The molecule has 0 aromatic carbocycles. The van der Waals surface area contributed by atoms with Crippen molar-refractivity contribution in [3.05, 3.63) is 24.3 Å². The van der Waals surface area contributed by atoms with Crippen LogP contribution in [-0.4, -0.2) is 36.3 Å². The zero-order valence-corrected chi connectivity index (χ0v) is 7.06. The van der Waals surface area contributed by atoms with Crippen molar-refractivity contribution in [2.45, 2.75) is 6.54 Å². The second-order valence-electron chi connectivity index (χ2n) is 2.45. The van der Waals surface area contributed by atoms with Gasteiger partial charge in [-0.15, -0.1) is 0 Å². The number of H-pyrrole nitrogens is 2. The summed E-state index contributed by atoms with van der Waals surface area (Å²) in [6, 6.07) is 0. The van der Waals surface area contributed by atoms with Crippen LogP contribution in [0, 0.1) is 0 Å². The van der Waals surface area contributed by atoms with Gasteiger partial charge in [-0.25, -0.2) is 9.97 Å². The lowest BCUT2D eigenvalue weighted by molar-refractivity contribution is 0.0940. The summed E-state index contributed by atoms with van der Waals surface area (Å²) in [5.74, 6) is 0.418. The minimum absolute atomic E-state index is 0.171. The highest BCUT2D eigenvalue weighted by atomic mass is 16.2. The van der Waals surface area contributed by atoms with E-state index < -0.39 is 0 Å². The first-order valence-corrected chi connectivity index (χ1v) is 3.84. The lowest BCUT2D eigenvalue weighted by Gasteiger charge is -1.98. The maximum absolute atomic E-state index is 11.3. The zero-order valence-electron chi connectivity index (χ0n) is 7.06. The third-order valence-electron chi connectivity index (χ3n) is 1.51. The molecule has 0 bridgehead atoms. The summed E-state index contributed by atoms with van der Waals surface area (Å²) in [5, 5.41) is 14.8. The molecule has 0 atom stereocenters. The fourth-order valence-electron chi connectivity index (χ4n) is 0.879. The van der Waals surface area contributed by atoms with Crippen molar-refractivity contribution in [1.29, 1.82) is 0 Å². The summed E-state index contributed by atoms with van der Waals surface area (Å²) in [6.07, 6.45) is 2.64. The van der Waals surface area contributed by atoms with Crippen molar-refractivity contribution in [2.24, 2.45) is 0 Å². The van der Waals surface area contributed by atoms with E-state index in [4.69, 9.17) is 0 Å². The topological polar surface area (TPSA) is 112 Å². The third kappa shape index (κ3) is 1.73. The highest BCUT2D eigenvalue weighted by Crippen LogP contribution is 1.88. The van der Waals surface area contributed by atoms with Gasteiger partial charge in [0.05, 0.1) is 6.54 Å². The molecule has 2 aromatic heterocycles. The van der Waals surface area contributed by atoms with Crippen LogP contribution in [0.4, 0.5) is 0 Å². The lowest BCUT2D eigenvalue weighted by Crippen LogP contribution is -2.24. The van der Waals surface area contributed by atoms with Gasteiger partial charge in [0.25, 0.3) is 5.91 Å². The first-order valence-electron chi connectivity index (χ1n) is 3.84. The average Bonchev–Trinajstić information content (AvgIpc) is 2.87. The highest BCUT2D eigenvalue weighted by Gasteiger charge is 2.07. The molecular weight excluding hydrogens is 186 g/mol. The van der Waals surface area contributed by atoms with Crippen molar-refractivity contribution in [2.75, 3.05) is 0 Å². The maximum Gasteiger partial charge on any atom is 0.288 e. The highest BCUT2D eigenvalue weighted by molar-refractivity contribution is 5.90. The van der Waals surface area contributed by atoms with Gasteiger partial charge in [-0.2, -0.15) is 10.2 Å². The van der Waals surface area contributed by atoms with Gasteiger partial charge in [-0.05, 0) is 0 Å². The summed E-state index contributed by atoms with van der Waals surface area (Å²) < 4.78 is 0. The van der Waals surface area contributed by atoms with Gasteiger partial charge in [0.1, 0.15) is 18.5 Å². The van der Waals surface area contributed by atoms with Crippen LogP contribution in [0.15, 0.2) is 12.7 Å². The molecular formula is C6H7N7O. The lowest BCUT2D eigenvalue weighted by atomic mass is 10.5. The number of amides is 1. The van der Waals surface area contributed by atoms with Gasteiger partial charge in [0.15, 0.2) is 0 Å². The third-order valence-corrected chi connectivity index (χ3v) is 1.51. The smallest absolute Gasteiger partial charge is 0.288 e. The molecule has 0 aliphatic heterocycles. The number of carbonyl (C=O) groups excluding carboxylic acids is 1. The second kappa shape index (κ2) is 3.64. The maximum atomic E-state index is 11.3. The van der Waals surface area contributed by atoms with Crippen LogP contribution in [0.1, 0.15) is 16.4 Å². The van der Waals surface area contributed by atoms with Crippen LogP contribution in [0.2, 0.25) is 0 Å². The Balaban J connectivity index is 1.90. The zero-order chi connectivity index (χ0) is 9.80. The number of nitrogens with one attached hydrogen (secondary N) is 3. The quantitative estimate of drug-likeness (QED) is 0.570. The minimum atomic E-state index is -0.334. The fraction of sp³-hybridized carbons (Fsp3) is 0.167. The summed E-state index contributed by atoms with van der Waals surface area (Å²) in [4.78, 5) is 18.8. The first kappa shape index (κ1) is 8.35. The number of nitrogens with zero attached hydrogens (tertiary/aromatic N) is 4. The molecule has 0 fully saturated rings. The molecule has 2 rings (SSSR count). The Morgan fingerprint density at radius 3 is 2.71 bits per heavy atom. The van der Waals surface area contributed by atoms with Crippen molar-refractivity contribution >= 4 is 5.91 Å². The molecule has 2 heterocycles. The molecule has 8 nitrogen and oxygen atoms in total. The number of hydrogen-bond donors (Lipinski definition) is 3. The van der Waals surface area contributed by atoms with Crippen molar-refractivity contribution in [3.8, 4) is 0 Å². The van der Waals surface area contributed by atoms with E-state index >= 15 is 0 Å². The monoisotopic (exact) mass is 193 g/mol. The number of carbonyl (C=O) groups is 1. The van der Waals surface area contributed by atoms with Crippen molar-refractivity contribution in [1.82, 2.24) is 35.7 Å². The molecule has 0 spiro atoms. The SMILES string of the molecule is O=C(NCc1ncn[nH]1)c1ncn[nH]1. The normalized spacial score (nSPS) is 10.0. The van der Waals surface area contributed by atoms with E-state index in [-0.39, 0.29) is 18.3 Å². The van der Waals surface area contributed by atoms with Gasteiger partial charge >= 0.3 is 0 Å². The Morgan fingerprint density at radius 1 is 1.29 bits per heavy atom. The van der Waals surface area contributed by atoms with Gasteiger partial charge in [0, 0.05) is 0 Å². The van der Waals surface area contributed by atoms with Gasteiger partial charge in [-0.3, -0.25) is 15.0 Å². The van der Waals surface area contributed by atoms with Crippen LogP contribution >= 0.6 is 0 Å². The second-order valence-corrected chi connectivity index (χ2v) is 2.45. The van der Waals surface area contributed by atoms with Crippen LogP contribution < -0.4 is 5.32 Å². The number of aromatic amines is 2. The van der Waals surface area contributed by atoms with Crippen LogP contribution in [0.25, 0.3) is 0 Å².